The van der Waals surface area contributed by atoms with Crippen LogP contribution in [0.5, 0.6) is 0 Å². The first kappa shape index (κ1) is 28.5. The zero-order valence-corrected chi connectivity index (χ0v) is 21.7. The molecule has 1 aliphatic heterocycles. The summed E-state index contributed by atoms with van der Waals surface area (Å²) in [5, 5.41) is 24.7. The number of likely N-dealkylation sites (tertiary alicyclic amines) is 1. The number of piperidine rings is 1. The van der Waals surface area contributed by atoms with Gasteiger partial charge in [-0.1, -0.05) is 30.3 Å². The number of hydrogen-bond donors (Lipinski definition) is 3. The summed E-state index contributed by atoms with van der Waals surface area (Å²) in [4.78, 5) is 11.9. The van der Waals surface area contributed by atoms with Crippen molar-refractivity contribution in [1.82, 2.24) is 14.9 Å². The molecule has 0 radical (unpaired) electrons. The van der Waals surface area contributed by atoms with Crippen molar-refractivity contribution in [2.45, 2.75) is 63.5 Å². The van der Waals surface area contributed by atoms with Crippen LogP contribution in [0, 0.1) is 17.7 Å². The van der Waals surface area contributed by atoms with Gasteiger partial charge >= 0.3 is 6.18 Å². The second kappa shape index (κ2) is 12.1. The molecule has 2 heterocycles. The van der Waals surface area contributed by atoms with E-state index in [1.165, 1.54) is 6.33 Å². The third-order valence-electron chi connectivity index (χ3n) is 7.96. The first-order valence-corrected chi connectivity index (χ1v) is 13.3. The molecule has 0 unspecified atom stereocenters. The summed E-state index contributed by atoms with van der Waals surface area (Å²) in [7, 11) is 0. The van der Waals surface area contributed by atoms with Crippen LogP contribution in [0.1, 0.15) is 44.6 Å². The van der Waals surface area contributed by atoms with Gasteiger partial charge in [-0.25, -0.2) is 9.97 Å². The van der Waals surface area contributed by atoms with Gasteiger partial charge in [0.15, 0.2) is 11.6 Å². The fraction of sp³-hybridized carbons (Fsp3) is 0.630. The Hall–Kier alpha value is -2.50. The highest BCUT2D eigenvalue weighted by Gasteiger charge is 2.42. The standard InChI is InChI=1S/C27H37F4N5O2/c1-2-36(15-20-8-10-21(11-9-20)27(29,30)31)25-23(28)24(33-18-34-25)32-17-26(38)12-13-35(16-22(26)37)14-19-6-4-3-5-7-19/h3-7,18,20-22,37-38H,2,8-17H2,1H3,(H,32,33,34)/t20?,21?,22-,26-/m1/s1. The van der Waals surface area contributed by atoms with Crippen LogP contribution in [0.25, 0.3) is 0 Å². The molecule has 2 aliphatic rings. The minimum atomic E-state index is -4.16. The van der Waals surface area contributed by atoms with E-state index in [2.05, 4.69) is 20.2 Å². The van der Waals surface area contributed by atoms with Gasteiger partial charge in [-0.3, -0.25) is 4.90 Å². The molecule has 0 spiro atoms. The molecule has 7 nitrogen and oxygen atoms in total. The molecular weight excluding hydrogens is 502 g/mol. The number of hydrogen-bond acceptors (Lipinski definition) is 7. The summed E-state index contributed by atoms with van der Waals surface area (Å²) in [5.74, 6) is -1.92. The summed E-state index contributed by atoms with van der Waals surface area (Å²) in [6.07, 6.45) is -2.61. The lowest BCUT2D eigenvalue weighted by Crippen LogP contribution is -2.58. The lowest BCUT2D eigenvalue weighted by Gasteiger charge is -2.42. The van der Waals surface area contributed by atoms with Crippen LogP contribution in [0.15, 0.2) is 36.7 Å². The fourth-order valence-corrected chi connectivity index (χ4v) is 5.51. The SMILES string of the molecule is CCN(CC1CCC(C(F)(F)F)CC1)c1ncnc(NC[C@]2(O)CCN(Cc3ccccc3)C[C@H]2O)c1F. The number of β-amino-alcohol motifs (C(OH)–C–C–N with tert-alkyl or cyclic N) is 1. The first-order chi connectivity index (χ1) is 18.1. The van der Waals surface area contributed by atoms with E-state index in [0.29, 0.717) is 45.4 Å². The largest absolute Gasteiger partial charge is 0.391 e. The van der Waals surface area contributed by atoms with Crippen molar-refractivity contribution < 1.29 is 27.8 Å². The van der Waals surface area contributed by atoms with Crippen LogP contribution < -0.4 is 10.2 Å². The minimum Gasteiger partial charge on any atom is -0.389 e. The molecule has 0 bridgehead atoms. The van der Waals surface area contributed by atoms with Gasteiger partial charge in [-0.15, -0.1) is 0 Å². The molecule has 1 aliphatic carbocycles. The molecule has 1 aromatic heterocycles. The maximum Gasteiger partial charge on any atom is 0.391 e. The number of alkyl halides is 3. The second-order valence-electron chi connectivity index (χ2n) is 10.6. The number of halogens is 4. The highest BCUT2D eigenvalue weighted by Crippen LogP contribution is 2.40. The Balaban J connectivity index is 1.34. The molecule has 0 amide bonds. The number of anilines is 2. The third-order valence-corrected chi connectivity index (χ3v) is 7.96. The minimum absolute atomic E-state index is 0.0243. The topological polar surface area (TPSA) is 84.8 Å². The fourth-order valence-electron chi connectivity index (χ4n) is 5.51. The van der Waals surface area contributed by atoms with E-state index in [1.807, 2.05) is 37.3 Å². The Bertz CT molecular complexity index is 1040. The number of aromatic nitrogens is 2. The Kier molecular flexibility index (Phi) is 9.10. The van der Waals surface area contributed by atoms with Crippen LogP contribution in [0.3, 0.4) is 0 Å². The summed E-state index contributed by atoms with van der Waals surface area (Å²) >= 11 is 0. The second-order valence-corrected chi connectivity index (χ2v) is 10.6. The number of nitrogens with zero attached hydrogens (tertiary/aromatic N) is 4. The molecule has 38 heavy (non-hydrogen) atoms. The summed E-state index contributed by atoms with van der Waals surface area (Å²) in [5.41, 5.74) is -0.334. The Morgan fingerprint density at radius 1 is 1.13 bits per heavy atom. The predicted molar refractivity (Wildman–Crippen MR) is 137 cm³/mol. The molecule has 1 aromatic carbocycles. The zero-order valence-electron chi connectivity index (χ0n) is 21.7. The lowest BCUT2D eigenvalue weighted by molar-refractivity contribution is -0.183. The quantitative estimate of drug-likeness (QED) is 0.412. The van der Waals surface area contributed by atoms with E-state index in [-0.39, 0.29) is 43.5 Å². The Morgan fingerprint density at radius 3 is 2.47 bits per heavy atom. The average molecular weight is 540 g/mol. The maximum atomic E-state index is 15.4. The molecule has 1 saturated heterocycles. The van der Waals surface area contributed by atoms with Gasteiger partial charge in [0.05, 0.1) is 12.0 Å². The molecule has 2 atom stereocenters. The number of benzene rings is 1. The van der Waals surface area contributed by atoms with Crippen LogP contribution >= 0.6 is 0 Å². The molecular formula is C27H37F4N5O2. The van der Waals surface area contributed by atoms with Gasteiger partial charge in [-0.05, 0) is 50.5 Å². The van der Waals surface area contributed by atoms with Crippen molar-refractivity contribution in [2.75, 3.05) is 42.9 Å². The molecule has 1 saturated carbocycles. The molecule has 11 heteroatoms. The van der Waals surface area contributed by atoms with Gasteiger partial charge < -0.3 is 20.4 Å². The summed E-state index contributed by atoms with van der Waals surface area (Å²) in [6.45, 7) is 4.12. The van der Waals surface area contributed by atoms with E-state index in [4.69, 9.17) is 0 Å². The van der Waals surface area contributed by atoms with Gasteiger partial charge in [0.1, 0.15) is 11.9 Å². The van der Waals surface area contributed by atoms with Crippen LogP contribution in [-0.4, -0.2) is 75.7 Å². The first-order valence-electron chi connectivity index (χ1n) is 13.3. The molecule has 3 N–H and O–H groups in total. The van der Waals surface area contributed by atoms with E-state index in [0.717, 1.165) is 5.56 Å². The summed E-state index contributed by atoms with van der Waals surface area (Å²) in [6, 6.07) is 9.88. The molecule has 2 aromatic rings. The van der Waals surface area contributed by atoms with Gasteiger partial charge in [0.2, 0.25) is 5.82 Å². The van der Waals surface area contributed by atoms with Gasteiger partial charge in [0, 0.05) is 39.3 Å². The highest BCUT2D eigenvalue weighted by molar-refractivity contribution is 5.51. The summed E-state index contributed by atoms with van der Waals surface area (Å²) < 4.78 is 54.4. The predicted octanol–water partition coefficient (Wildman–Crippen LogP) is 4.22. The maximum absolute atomic E-state index is 15.4. The van der Waals surface area contributed by atoms with Crippen LogP contribution in [0.4, 0.5) is 29.2 Å². The van der Waals surface area contributed by atoms with Crippen molar-refractivity contribution in [3.8, 4) is 0 Å². The van der Waals surface area contributed by atoms with Gasteiger partial charge in [-0.2, -0.15) is 17.6 Å². The number of aliphatic hydroxyl groups excluding tert-OH is 1. The Labute approximate surface area is 220 Å². The number of nitrogens with one attached hydrogen (secondary N) is 1. The van der Waals surface area contributed by atoms with Crippen molar-refractivity contribution in [1.29, 1.82) is 0 Å². The normalized spacial score (nSPS) is 26.8. The Morgan fingerprint density at radius 2 is 1.84 bits per heavy atom. The van der Waals surface area contributed by atoms with Crippen LogP contribution in [0.2, 0.25) is 0 Å². The van der Waals surface area contributed by atoms with E-state index in [1.54, 1.807) is 4.90 Å². The monoisotopic (exact) mass is 539 g/mol. The average Bonchev–Trinajstić information content (AvgIpc) is 2.90. The molecule has 2 fully saturated rings. The van der Waals surface area contributed by atoms with Crippen molar-refractivity contribution in [2.24, 2.45) is 11.8 Å². The lowest BCUT2D eigenvalue weighted by atomic mass is 9.81. The third kappa shape index (κ3) is 6.92. The number of rotatable bonds is 9. The van der Waals surface area contributed by atoms with E-state index in [9.17, 15) is 23.4 Å². The van der Waals surface area contributed by atoms with Crippen molar-refractivity contribution >= 4 is 11.6 Å². The van der Waals surface area contributed by atoms with Crippen LogP contribution in [-0.2, 0) is 6.54 Å². The van der Waals surface area contributed by atoms with E-state index < -0.39 is 29.6 Å². The highest BCUT2D eigenvalue weighted by atomic mass is 19.4. The molecule has 4 rings (SSSR count). The molecule has 210 valence electrons. The zero-order chi connectivity index (χ0) is 27.3. The van der Waals surface area contributed by atoms with Crippen molar-refractivity contribution in [3.63, 3.8) is 0 Å². The van der Waals surface area contributed by atoms with E-state index >= 15 is 4.39 Å². The number of aliphatic hydroxyl groups is 2. The van der Waals surface area contributed by atoms with Crippen molar-refractivity contribution in [3.05, 3.63) is 48.0 Å². The smallest absolute Gasteiger partial charge is 0.389 e. The van der Waals surface area contributed by atoms with Gasteiger partial charge in [0.25, 0.3) is 0 Å².